The minimum atomic E-state index is -4.17. The molecular weight excluding hydrogens is 803 g/mol. The van der Waals surface area contributed by atoms with Crippen molar-refractivity contribution in [1.82, 2.24) is 4.57 Å². The molecule has 0 radical (unpaired) electrons. The second-order valence-corrected chi connectivity index (χ2v) is 18.9. The Labute approximate surface area is 343 Å². The van der Waals surface area contributed by atoms with Crippen LogP contribution in [0.3, 0.4) is 0 Å². The van der Waals surface area contributed by atoms with Gasteiger partial charge in [0, 0.05) is 36.7 Å². The number of benzene rings is 2. The van der Waals surface area contributed by atoms with E-state index in [0.717, 1.165) is 84.7 Å². The van der Waals surface area contributed by atoms with Gasteiger partial charge in [-0.15, -0.1) is 0 Å². The molecule has 0 fully saturated rings. The molecule has 2 aromatic carbocycles. The minimum absolute atomic E-state index is 0.185. The number of allylic oxidation sites excluding steroid dienone is 2. The lowest BCUT2D eigenvalue weighted by molar-refractivity contribution is -0.674. The van der Waals surface area contributed by atoms with Crippen LogP contribution in [-0.2, 0) is 33.3 Å². The molecule has 0 saturated carbocycles. The average Bonchev–Trinajstić information content (AvgIpc) is 3.53. The molecule has 0 saturated heterocycles. The van der Waals surface area contributed by atoms with Crippen LogP contribution >= 0.6 is 34.8 Å². The minimum Gasteiger partial charge on any atom is -0.326 e. The molecule has 3 aromatic rings. The molecule has 1 aromatic heterocycles. The predicted molar refractivity (Wildman–Crippen MR) is 229 cm³/mol. The maximum absolute atomic E-state index is 11.7. The third-order valence-electron chi connectivity index (χ3n) is 10.1. The molecule has 306 valence electrons. The van der Waals surface area contributed by atoms with E-state index in [1.807, 2.05) is 48.3 Å². The van der Waals surface area contributed by atoms with Gasteiger partial charge in [-0.1, -0.05) is 113 Å². The molecular formula is C40H58Cl3N4O6S2+. The van der Waals surface area contributed by atoms with Gasteiger partial charge in [-0.2, -0.15) is 16.8 Å². The number of anilines is 2. The van der Waals surface area contributed by atoms with Gasteiger partial charge in [0.25, 0.3) is 26.1 Å². The lowest BCUT2D eigenvalue weighted by atomic mass is 10.1. The standard InChI is InChI=1S/C40H57Cl3N4O6S2/c1-4-6-8-10-12-14-21-44-36-28-32(41)31(3)27-35(36)46(23-17-25-54(48,49)50)39(44)19-16-20-40-45(22-15-13-11-9-7-5-2)37-29-33(42)34(43)30-38(37)47(40)24-18-26-55(51,52)53/h16,19-20,27-30H,4-15,17-18,21-26H2,1-3H3,(H-,48,49,50,51,52,53)/p+1. The number of hydrogen-bond acceptors (Lipinski definition) is 6. The molecule has 15 heteroatoms. The molecule has 55 heavy (non-hydrogen) atoms. The Bertz CT molecular complexity index is 2030. The lowest BCUT2D eigenvalue weighted by Gasteiger charge is -2.25. The summed E-state index contributed by atoms with van der Waals surface area (Å²) >= 11 is 19.8. The second kappa shape index (κ2) is 21.4. The molecule has 0 spiro atoms. The van der Waals surface area contributed by atoms with Crippen molar-refractivity contribution in [3.8, 4) is 0 Å². The van der Waals surface area contributed by atoms with E-state index in [-0.39, 0.29) is 24.3 Å². The molecule has 10 nitrogen and oxygen atoms in total. The first-order valence-electron chi connectivity index (χ1n) is 19.7. The summed E-state index contributed by atoms with van der Waals surface area (Å²) in [7, 11) is -8.32. The topological polar surface area (TPSA) is 124 Å². The molecule has 0 aliphatic carbocycles. The Morgan fingerprint density at radius 3 is 1.73 bits per heavy atom. The Kier molecular flexibility index (Phi) is 17.7. The van der Waals surface area contributed by atoms with Crippen molar-refractivity contribution < 1.29 is 30.5 Å². The maximum Gasteiger partial charge on any atom is 0.282 e. The summed E-state index contributed by atoms with van der Waals surface area (Å²) in [4.78, 5) is 4.23. The smallest absolute Gasteiger partial charge is 0.282 e. The molecule has 0 atom stereocenters. The van der Waals surface area contributed by atoms with Crippen molar-refractivity contribution in [1.29, 1.82) is 0 Å². The first-order chi connectivity index (χ1) is 26.1. The second-order valence-electron chi connectivity index (χ2n) is 14.5. The van der Waals surface area contributed by atoms with Crippen LogP contribution in [0.1, 0.15) is 115 Å². The monoisotopic (exact) mass is 859 g/mol. The van der Waals surface area contributed by atoms with E-state index in [2.05, 4.69) is 27.9 Å². The highest BCUT2D eigenvalue weighted by atomic mass is 35.5. The van der Waals surface area contributed by atoms with Gasteiger partial charge in [0.15, 0.2) is 11.0 Å². The zero-order valence-corrected chi connectivity index (χ0v) is 36.4. The number of unbranched alkanes of at least 4 members (excludes halogenated alkanes) is 10. The van der Waals surface area contributed by atoms with Gasteiger partial charge in [-0.05, 0) is 62.4 Å². The van der Waals surface area contributed by atoms with Crippen LogP contribution in [-0.4, -0.2) is 55.1 Å². The fourth-order valence-corrected chi connectivity index (χ4v) is 8.72. The van der Waals surface area contributed by atoms with Gasteiger partial charge in [-0.3, -0.25) is 9.11 Å². The first-order valence-corrected chi connectivity index (χ1v) is 24.0. The van der Waals surface area contributed by atoms with Gasteiger partial charge in [0.05, 0.1) is 46.0 Å². The number of rotatable bonds is 24. The van der Waals surface area contributed by atoms with Crippen LogP contribution in [0.5, 0.6) is 0 Å². The number of imidazole rings is 1. The van der Waals surface area contributed by atoms with E-state index in [1.165, 1.54) is 38.5 Å². The zero-order valence-electron chi connectivity index (χ0n) is 32.5. The van der Waals surface area contributed by atoms with E-state index < -0.39 is 20.2 Å². The third kappa shape index (κ3) is 13.4. The number of hydrogen-bond donors (Lipinski definition) is 2. The summed E-state index contributed by atoms with van der Waals surface area (Å²) in [6.07, 6.45) is 19.8. The van der Waals surface area contributed by atoms with Gasteiger partial charge in [-0.25, -0.2) is 9.13 Å². The van der Waals surface area contributed by atoms with Crippen LogP contribution in [0.2, 0.25) is 15.1 Å². The molecule has 0 unspecified atom stereocenters. The van der Waals surface area contributed by atoms with E-state index >= 15 is 0 Å². The predicted octanol–water partition coefficient (Wildman–Crippen LogP) is 10.7. The van der Waals surface area contributed by atoms with Gasteiger partial charge in [0.1, 0.15) is 5.82 Å². The largest absolute Gasteiger partial charge is 0.326 e. The van der Waals surface area contributed by atoms with Crippen LogP contribution in [0.15, 0.2) is 42.2 Å². The fourth-order valence-electron chi connectivity index (χ4n) is 7.26. The Hall–Kier alpha value is -2.32. The molecule has 2 heterocycles. The fraction of sp³-hybridized carbons (Fsp3) is 0.575. The van der Waals surface area contributed by atoms with Crippen LogP contribution < -0.4 is 14.4 Å². The highest BCUT2D eigenvalue weighted by Gasteiger charge is 2.32. The van der Waals surface area contributed by atoms with Crippen molar-refractivity contribution in [2.75, 3.05) is 34.4 Å². The normalized spacial score (nSPS) is 14.4. The summed E-state index contributed by atoms with van der Waals surface area (Å²) in [6.45, 7) is 8.44. The highest BCUT2D eigenvalue weighted by molar-refractivity contribution is 7.86. The van der Waals surface area contributed by atoms with Gasteiger partial charge < -0.3 is 9.80 Å². The Morgan fingerprint density at radius 2 is 1.16 bits per heavy atom. The van der Waals surface area contributed by atoms with Crippen molar-refractivity contribution in [2.24, 2.45) is 0 Å². The van der Waals surface area contributed by atoms with E-state index in [1.54, 1.807) is 6.07 Å². The van der Waals surface area contributed by atoms with Crippen molar-refractivity contribution in [3.05, 3.63) is 68.7 Å². The number of nitrogens with zero attached hydrogens (tertiary/aromatic N) is 4. The molecule has 1 aliphatic rings. The number of aryl methyl sites for hydroxylation is 3. The number of fused-ring (bicyclic) bond motifs is 2. The van der Waals surface area contributed by atoms with Crippen LogP contribution in [0.25, 0.3) is 17.1 Å². The summed E-state index contributed by atoms with van der Waals surface area (Å²) in [5, 5.41) is 1.45. The summed E-state index contributed by atoms with van der Waals surface area (Å²) in [5.74, 6) is 0.938. The number of aromatic nitrogens is 2. The lowest BCUT2D eigenvalue weighted by Crippen LogP contribution is -2.36. The first kappa shape index (κ1) is 45.4. The van der Waals surface area contributed by atoms with E-state index in [9.17, 15) is 25.9 Å². The van der Waals surface area contributed by atoms with Gasteiger partial charge in [0.2, 0.25) is 0 Å². The van der Waals surface area contributed by atoms with Gasteiger partial charge >= 0.3 is 0 Å². The molecule has 0 bridgehead atoms. The van der Waals surface area contributed by atoms with Crippen molar-refractivity contribution >= 4 is 83.5 Å². The maximum atomic E-state index is 11.7. The Morgan fingerprint density at radius 1 is 0.655 bits per heavy atom. The van der Waals surface area contributed by atoms with Crippen LogP contribution in [0, 0.1) is 6.92 Å². The molecule has 0 amide bonds. The molecule has 1 aliphatic heterocycles. The Balaban J connectivity index is 1.81. The van der Waals surface area contributed by atoms with Crippen molar-refractivity contribution in [3.63, 3.8) is 0 Å². The quantitative estimate of drug-likeness (QED) is 0.0518. The highest BCUT2D eigenvalue weighted by Crippen LogP contribution is 2.46. The summed E-state index contributed by atoms with van der Waals surface area (Å²) in [5.41, 5.74) is 4.44. The van der Waals surface area contributed by atoms with E-state index in [4.69, 9.17) is 34.8 Å². The van der Waals surface area contributed by atoms with Crippen molar-refractivity contribution in [2.45, 2.75) is 124 Å². The van der Waals surface area contributed by atoms with E-state index in [0.29, 0.717) is 34.7 Å². The summed E-state index contributed by atoms with van der Waals surface area (Å²) < 4.78 is 70.4. The third-order valence-corrected chi connectivity index (χ3v) is 12.8. The summed E-state index contributed by atoms with van der Waals surface area (Å²) in [6, 6.07) is 7.65. The molecule has 4 rings (SSSR count). The zero-order chi connectivity index (χ0) is 40.2. The SMILES string of the molecule is CCCCCCCCN1/C(=C\C=C\c2n(CCCS(=O)(=O)O)c3cc(C)c(Cl)cc3[n+]2CCCCCCCC)N(CCCS(=O)(=O)O)c2cc(Cl)c(Cl)cc21. The molecule has 2 N–H and O–H groups in total. The number of halogens is 3. The van der Waals surface area contributed by atoms with Crippen LogP contribution in [0.4, 0.5) is 11.4 Å². The average molecular weight is 861 g/mol.